The van der Waals surface area contributed by atoms with Gasteiger partial charge in [-0.1, -0.05) is 17.7 Å². The summed E-state index contributed by atoms with van der Waals surface area (Å²) in [5.74, 6) is -1.44. The van der Waals surface area contributed by atoms with Gasteiger partial charge in [0.1, 0.15) is 5.82 Å². The molecule has 1 N–H and O–H groups in total. The molecule has 0 radical (unpaired) electrons. The minimum Gasteiger partial charge on any atom is -0.481 e. The van der Waals surface area contributed by atoms with Crippen LogP contribution in [0.25, 0.3) is 0 Å². The molecule has 3 nitrogen and oxygen atoms in total. The van der Waals surface area contributed by atoms with Crippen molar-refractivity contribution in [2.45, 2.75) is 19.4 Å². The molecule has 0 spiro atoms. The third-order valence-corrected chi connectivity index (χ3v) is 3.50. The van der Waals surface area contributed by atoms with E-state index in [1.807, 2.05) is 4.90 Å². The van der Waals surface area contributed by atoms with Crippen LogP contribution in [0.3, 0.4) is 0 Å². The number of halogens is 2. The highest BCUT2D eigenvalue weighted by Gasteiger charge is 2.25. The molecule has 0 amide bonds. The highest BCUT2D eigenvalue weighted by molar-refractivity contribution is 6.30. The van der Waals surface area contributed by atoms with E-state index in [4.69, 9.17) is 16.7 Å². The molecular weight excluding hydrogens is 257 g/mol. The average Bonchev–Trinajstić information content (AvgIpc) is 2.33. The Labute approximate surface area is 110 Å². The van der Waals surface area contributed by atoms with E-state index < -0.39 is 5.97 Å². The molecule has 18 heavy (non-hydrogen) atoms. The maximum atomic E-state index is 13.6. The predicted molar refractivity (Wildman–Crippen MR) is 67.0 cm³/mol. The Bertz CT molecular complexity index is 453. The van der Waals surface area contributed by atoms with Gasteiger partial charge >= 0.3 is 5.97 Å². The molecular formula is C13H15ClFNO2. The lowest BCUT2D eigenvalue weighted by Crippen LogP contribution is -2.38. The summed E-state index contributed by atoms with van der Waals surface area (Å²) in [4.78, 5) is 12.9. The van der Waals surface area contributed by atoms with Crippen LogP contribution in [-0.2, 0) is 11.3 Å². The van der Waals surface area contributed by atoms with Crippen LogP contribution in [0.1, 0.15) is 18.4 Å². The number of carbonyl (C=O) groups is 1. The van der Waals surface area contributed by atoms with E-state index in [0.29, 0.717) is 30.1 Å². The van der Waals surface area contributed by atoms with Gasteiger partial charge in [0, 0.05) is 23.7 Å². The number of carboxylic acid groups (broad SMARTS) is 1. The second-order valence-corrected chi connectivity index (χ2v) is 5.08. The number of aliphatic carboxylic acids is 1. The van der Waals surface area contributed by atoms with Crippen molar-refractivity contribution in [3.8, 4) is 0 Å². The predicted octanol–water partition coefficient (Wildman–Crippen LogP) is 2.78. The zero-order valence-corrected chi connectivity index (χ0v) is 10.7. The van der Waals surface area contributed by atoms with Gasteiger partial charge in [-0.2, -0.15) is 0 Å². The molecule has 0 bridgehead atoms. The number of benzene rings is 1. The Morgan fingerprint density at radius 1 is 1.56 bits per heavy atom. The lowest BCUT2D eigenvalue weighted by molar-refractivity contribution is -0.143. The van der Waals surface area contributed by atoms with Gasteiger partial charge in [-0.3, -0.25) is 9.69 Å². The molecule has 0 aromatic heterocycles. The van der Waals surface area contributed by atoms with Gasteiger partial charge in [0.05, 0.1) is 5.92 Å². The first kappa shape index (κ1) is 13.3. The topological polar surface area (TPSA) is 40.5 Å². The van der Waals surface area contributed by atoms with Gasteiger partial charge in [0.2, 0.25) is 0 Å². The van der Waals surface area contributed by atoms with E-state index in [1.165, 1.54) is 6.07 Å². The number of hydrogen-bond donors (Lipinski definition) is 1. The summed E-state index contributed by atoms with van der Waals surface area (Å²) in [6, 6.07) is 4.59. The number of piperidine rings is 1. The fourth-order valence-corrected chi connectivity index (χ4v) is 2.45. The third-order valence-electron chi connectivity index (χ3n) is 3.26. The molecule has 1 fully saturated rings. The van der Waals surface area contributed by atoms with Gasteiger partial charge in [-0.15, -0.1) is 0 Å². The molecule has 0 saturated carbocycles. The first-order valence-corrected chi connectivity index (χ1v) is 6.33. The van der Waals surface area contributed by atoms with Crippen LogP contribution in [0.5, 0.6) is 0 Å². The van der Waals surface area contributed by atoms with Gasteiger partial charge in [-0.05, 0) is 31.5 Å². The molecule has 98 valence electrons. The summed E-state index contributed by atoms with van der Waals surface area (Å²) >= 11 is 5.69. The SMILES string of the molecule is O=C(O)[C@H]1CCCN(Cc2ccc(Cl)cc2F)C1. The second-order valence-electron chi connectivity index (χ2n) is 4.65. The van der Waals surface area contributed by atoms with Crippen molar-refractivity contribution in [2.75, 3.05) is 13.1 Å². The van der Waals surface area contributed by atoms with Crippen LogP contribution in [0.2, 0.25) is 5.02 Å². The number of hydrogen-bond acceptors (Lipinski definition) is 2. The molecule has 1 aliphatic rings. The highest BCUT2D eigenvalue weighted by Crippen LogP contribution is 2.21. The zero-order chi connectivity index (χ0) is 13.1. The molecule has 0 unspecified atom stereocenters. The molecule has 1 saturated heterocycles. The highest BCUT2D eigenvalue weighted by atomic mass is 35.5. The lowest BCUT2D eigenvalue weighted by Gasteiger charge is -2.30. The van der Waals surface area contributed by atoms with Crippen LogP contribution in [0.4, 0.5) is 4.39 Å². The van der Waals surface area contributed by atoms with E-state index in [9.17, 15) is 9.18 Å². The van der Waals surface area contributed by atoms with E-state index in [-0.39, 0.29) is 11.7 Å². The van der Waals surface area contributed by atoms with Gasteiger partial charge < -0.3 is 5.11 Å². The first-order chi connectivity index (χ1) is 8.56. The summed E-state index contributed by atoms with van der Waals surface area (Å²) in [5, 5.41) is 9.37. The largest absolute Gasteiger partial charge is 0.481 e. The van der Waals surface area contributed by atoms with Crippen molar-refractivity contribution in [1.82, 2.24) is 4.90 Å². The molecule has 1 atom stereocenters. The summed E-state index contributed by atoms with van der Waals surface area (Å²) < 4.78 is 13.6. The van der Waals surface area contributed by atoms with E-state index >= 15 is 0 Å². The van der Waals surface area contributed by atoms with Crippen LogP contribution in [-0.4, -0.2) is 29.1 Å². The minimum absolute atomic E-state index is 0.333. The fraction of sp³-hybridized carbons (Fsp3) is 0.462. The molecule has 1 aromatic rings. The number of nitrogens with zero attached hydrogens (tertiary/aromatic N) is 1. The quantitative estimate of drug-likeness (QED) is 0.919. The maximum absolute atomic E-state index is 13.6. The number of carboxylic acids is 1. The van der Waals surface area contributed by atoms with Crippen molar-refractivity contribution in [1.29, 1.82) is 0 Å². The maximum Gasteiger partial charge on any atom is 0.307 e. The van der Waals surface area contributed by atoms with E-state index in [2.05, 4.69) is 0 Å². The van der Waals surface area contributed by atoms with E-state index in [1.54, 1.807) is 12.1 Å². The summed E-state index contributed by atoms with van der Waals surface area (Å²) in [6.07, 6.45) is 1.54. The van der Waals surface area contributed by atoms with Crippen molar-refractivity contribution < 1.29 is 14.3 Å². The molecule has 0 aliphatic carbocycles. The molecule has 5 heteroatoms. The standard InChI is InChI=1S/C13H15ClFNO2/c14-11-4-3-9(12(15)6-11)7-16-5-1-2-10(8-16)13(17)18/h3-4,6,10H,1-2,5,7-8H2,(H,17,18)/t10-/m0/s1. The lowest BCUT2D eigenvalue weighted by atomic mass is 9.98. The average molecular weight is 272 g/mol. The summed E-state index contributed by atoms with van der Waals surface area (Å²) in [7, 11) is 0. The smallest absolute Gasteiger partial charge is 0.307 e. The monoisotopic (exact) mass is 271 g/mol. The Morgan fingerprint density at radius 2 is 2.33 bits per heavy atom. The fourth-order valence-electron chi connectivity index (χ4n) is 2.29. The van der Waals surface area contributed by atoms with Gasteiger partial charge in [-0.25, -0.2) is 4.39 Å². The Morgan fingerprint density at radius 3 is 3.00 bits per heavy atom. The van der Waals surface area contributed by atoms with Gasteiger partial charge in [0.15, 0.2) is 0 Å². The summed E-state index contributed by atoms with van der Waals surface area (Å²) in [6.45, 7) is 1.73. The van der Waals surface area contributed by atoms with E-state index in [0.717, 1.165) is 13.0 Å². The Hall–Kier alpha value is -1.13. The first-order valence-electron chi connectivity index (χ1n) is 5.95. The van der Waals surface area contributed by atoms with Crippen LogP contribution >= 0.6 is 11.6 Å². The molecule has 1 heterocycles. The molecule has 1 aromatic carbocycles. The number of likely N-dealkylation sites (tertiary alicyclic amines) is 1. The van der Waals surface area contributed by atoms with Crippen LogP contribution in [0, 0.1) is 11.7 Å². The van der Waals surface area contributed by atoms with Crippen LogP contribution < -0.4 is 0 Å². The van der Waals surface area contributed by atoms with Gasteiger partial charge in [0.25, 0.3) is 0 Å². The van der Waals surface area contributed by atoms with Crippen molar-refractivity contribution >= 4 is 17.6 Å². The normalized spacial score (nSPS) is 20.9. The number of rotatable bonds is 3. The summed E-state index contributed by atoms with van der Waals surface area (Å²) in [5.41, 5.74) is 0.561. The molecule has 1 aliphatic heterocycles. The van der Waals surface area contributed by atoms with Crippen molar-refractivity contribution in [2.24, 2.45) is 5.92 Å². The zero-order valence-electron chi connectivity index (χ0n) is 9.90. The third kappa shape index (κ3) is 3.21. The van der Waals surface area contributed by atoms with Crippen molar-refractivity contribution in [3.05, 3.63) is 34.6 Å². The van der Waals surface area contributed by atoms with Crippen LogP contribution in [0.15, 0.2) is 18.2 Å². The van der Waals surface area contributed by atoms with Crippen molar-refractivity contribution in [3.63, 3.8) is 0 Å². The Balaban J connectivity index is 2.02. The minimum atomic E-state index is -0.767. The second kappa shape index (κ2) is 5.67. The Kier molecular flexibility index (Phi) is 4.19. The molecule has 2 rings (SSSR count).